The number of halogens is 2. The highest BCUT2D eigenvalue weighted by atomic mass is 32.1. The van der Waals surface area contributed by atoms with Crippen LogP contribution < -0.4 is 10.6 Å². The SMILES string of the molecule is CC[C@@H](NC(=S)Nc1ccc(F)cc1F)c1ccc(C)cc1C. The number of hydrogen-bond donors (Lipinski definition) is 2. The number of hydrogen-bond acceptors (Lipinski definition) is 1. The minimum absolute atomic E-state index is 0.0270. The molecule has 23 heavy (non-hydrogen) atoms. The van der Waals surface area contributed by atoms with Gasteiger partial charge in [-0.25, -0.2) is 8.78 Å². The standard InChI is InChI=1S/C18H20F2N2S/c1-4-16(14-7-5-11(2)9-12(14)3)21-18(23)22-17-8-6-13(19)10-15(17)20/h5-10,16H,4H2,1-3H3,(H2,21,22,23)/t16-/m1/s1. The molecule has 0 saturated heterocycles. The zero-order valence-electron chi connectivity index (χ0n) is 13.4. The fourth-order valence-electron chi connectivity index (χ4n) is 2.52. The summed E-state index contributed by atoms with van der Waals surface area (Å²) in [6.45, 7) is 6.16. The Morgan fingerprint density at radius 3 is 2.48 bits per heavy atom. The van der Waals surface area contributed by atoms with Crippen molar-refractivity contribution in [2.24, 2.45) is 0 Å². The minimum atomic E-state index is -0.672. The van der Waals surface area contributed by atoms with Gasteiger partial charge in [-0.1, -0.05) is 30.7 Å². The molecule has 2 nitrogen and oxygen atoms in total. The molecule has 0 radical (unpaired) electrons. The monoisotopic (exact) mass is 334 g/mol. The van der Waals surface area contributed by atoms with E-state index in [1.165, 1.54) is 23.3 Å². The summed E-state index contributed by atoms with van der Waals surface area (Å²) >= 11 is 5.26. The van der Waals surface area contributed by atoms with Crippen LogP contribution in [-0.2, 0) is 0 Å². The fraction of sp³-hybridized carbons (Fsp3) is 0.278. The van der Waals surface area contributed by atoms with E-state index in [0.717, 1.165) is 18.1 Å². The van der Waals surface area contributed by atoms with Crippen molar-refractivity contribution in [2.75, 3.05) is 5.32 Å². The number of thiocarbonyl (C=S) groups is 1. The molecule has 0 aliphatic rings. The molecule has 0 heterocycles. The summed E-state index contributed by atoms with van der Waals surface area (Å²) in [4.78, 5) is 0. The van der Waals surface area contributed by atoms with Gasteiger partial charge in [0.25, 0.3) is 0 Å². The highest BCUT2D eigenvalue weighted by Crippen LogP contribution is 2.22. The van der Waals surface area contributed by atoms with Gasteiger partial charge in [0.2, 0.25) is 0 Å². The summed E-state index contributed by atoms with van der Waals surface area (Å²) in [5.41, 5.74) is 3.69. The Hall–Kier alpha value is -2.01. The zero-order chi connectivity index (χ0) is 17.0. The Balaban J connectivity index is 2.10. The van der Waals surface area contributed by atoms with Crippen molar-refractivity contribution in [3.63, 3.8) is 0 Å². The molecule has 0 saturated carbocycles. The van der Waals surface area contributed by atoms with Crippen LogP contribution >= 0.6 is 12.2 Å². The molecule has 0 bridgehead atoms. The molecule has 1 atom stereocenters. The van der Waals surface area contributed by atoms with Crippen LogP contribution in [0.5, 0.6) is 0 Å². The summed E-state index contributed by atoms with van der Waals surface area (Å²) in [7, 11) is 0. The molecule has 2 rings (SSSR count). The third-order valence-corrected chi connectivity index (χ3v) is 3.91. The Labute approximate surface area is 140 Å². The maximum absolute atomic E-state index is 13.7. The number of benzene rings is 2. The first-order chi connectivity index (χ1) is 10.9. The van der Waals surface area contributed by atoms with Gasteiger partial charge < -0.3 is 10.6 Å². The van der Waals surface area contributed by atoms with Crippen molar-refractivity contribution < 1.29 is 8.78 Å². The first-order valence-electron chi connectivity index (χ1n) is 7.50. The van der Waals surface area contributed by atoms with E-state index in [9.17, 15) is 8.78 Å². The lowest BCUT2D eigenvalue weighted by atomic mass is 9.98. The van der Waals surface area contributed by atoms with Crippen molar-refractivity contribution >= 4 is 23.0 Å². The van der Waals surface area contributed by atoms with Gasteiger partial charge in [-0.2, -0.15) is 0 Å². The molecule has 122 valence electrons. The molecule has 2 N–H and O–H groups in total. The quantitative estimate of drug-likeness (QED) is 0.768. The molecule has 0 spiro atoms. The van der Waals surface area contributed by atoms with E-state index in [0.29, 0.717) is 5.11 Å². The number of rotatable bonds is 4. The van der Waals surface area contributed by atoms with Crippen LogP contribution in [0.15, 0.2) is 36.4 Å². The minimum Gasteiger partial charge on any atom is -0.356 e. The molecule has 0 aliphatic heterocycles. The summed E-state index contributed by atoms with van der Waals surface area (Å²) in [5.74, 6) is -1.29. The molecule has 2 aromatic rings. The van der Waals surface area contributed by atoms with Crippen molar-refractivity contribution in [3.05, 3.63) is 64.7 Å². The maximum atomic E-state index is 13.7. The molecular weight excluding hydrogens is 314 g/mol. The van der Waals surface area contributed by atoms with Crippen molar-refractivity contribution in [1.82, 2.24) is 5.32 Å². The van der Waals surface area contributed by atoms with Gasteiger partial charge in [0.15, 0.2) is 5.11 Å². The second kappa shape index (κ2) is 7.51. The van der Waals surface area contributed by atoms with Gasteiger partial charge in [0, 0.05) is 6.07 Å². The molecule has 2 aromatic carbocycles. The van der Waals surface area contributed by atoms with Crippen LogP contribution in [0.25, 0.3) is 0 Å². The molecule has 5 heteroatoms. The van der Waals surface area contributed by atoms with Crippen LogP contribution in [0.2, 0.25) is 0 Å². The zero-order valence-corrected chi connectivity index (χ0v) is 14.2. The second-order valence-electron chi connectivity index (χ2n) is 5.54. The lowest BCUT2D eigenvalue weighted by Gasteiger charge is -2.22. The van der Waals surface area contributed by atoms with Crippen molar-refractivity contribution in [3.8, 4) is 0 Å². The lowest BCUT2D eigenvalue weighted by Crippen LogP contribution is -2.32. The Morgan fingerprint density at radius 2 is 1.87 bits per heavy atom. The summed E-state index contributed by atoms with van der Waals surface area (Å²) in [6.07, 6.45) is 0.831. The van der Waals surface area contributed by atoms with E-state index in [1.54, 1.807) is 0 Å². The average molecular weight is 334 g/mol. The van der Waals surface area contributed by atoms with Gasteiger partial charge in [-0.15, -0.1) is 0 Å². The van der Waals surface area contributed by atoms with Crippen LogP contribution in [0.1, 0.15) is 36.1 Å². The third-order valence-electron chi connectivity index (χ3n) is 3.69. The topological polar surface area (TPSA) is 24.1 Å². The van der Waals surface area contributed by atoms with E-state index >= 15 is 0 Å². The van der Waals surface area contributed by atoms with E-state index < -0.39 is 11.6 Å². The Kier molecular flexibility index (Phi) is 5.66. The largest absolute Gasteiger partial charge is 0.356 e. The lowest BCUT2D eigenvalue weighted by molar-refractivity contribution is 0.585. The predicted octanol–water partition coefficient (Wildman–Crippen LogP) is 5.02. The fourth-order valence-corrected chi connectivity index (χ4v) is 2.78. The molecule has 0 fully saturated rings. The van der Waals surface area contributed by atoms with E-state index in [1.807, 2.05) is 0 Å². The highest BCUT2D eigenvalue weighted by Gasteiger charge is 2.14. The average Bonchev–Trinajstić information content (AvgIpc) is 2.48. The number of aryl methyl sites for hydroxylation is 2. The van der Waals surface area contributed by atoms with E-state index in [4.69, 9.17) is 12.2 Å². The number of nitrogens with one attached hydrogen (secondary N) is 2. The Bertz CT molecular complexity index is 716. The maximum Gasteiger partial charge on any atom is 0.171 e. The molecule has 0 aliphatic carbocycles. The molecular formula is C18H20F2N2S. The number of anilines is 1. The van der Waals surface area contributed by atoms with Gasteiger partial charge in [0.05, 0.1) is 11.7 Å². The van der Waals surface area contributed by atoms with Crippen LogP contribution in [0.4, 0.5) is 14.5 Å². The normalized spacial score (nSPS) is 11.9. The first kappa shape index (κ1) is 17.3. The highest BCUT2D eigenvalue weighted by molar-refractivity contribution is 7.80. The van der Waals surface area contributed by atoms with E-state index in [2.05, 4.69) is 49.6 Å². The first-order valence-corrected chi connectivity index (χ1v) is 7.91. The summed E-state index contributed by atoms with van der Waals surface area (Å²) in [6, 6.07) is 9.63. The van der Waals surface area contributed by atoms with Crippen molar-refractivity contribution in [2.45, 2.75) is 33.2 Å². The summed E-state index contributed by atoms with van der Waals surface area (Å²) < 4.78 is 26.6. The second-order valence-corrected chi connectivity index (χ2v) is 5.95. The van der Waals surface area contributed by atoms with Crippen LogP contribution in [0.3, 0.4) is 0 Å². The third kappa shape index (κ3) is 4.48. The van der Waals surface area contributed by atoms with Gasteiger partial charge in [-0.3, -0.25) is 0 Å². The van der Waals surface area contributed by atoms with E-state index in [-0.39, 0.29) is 11.7 Å². The summed E-state index contributed by atoms with van der Waals surface area (Å²) in [5, 5.41) is 6.28. The smallest absolute Gasteiger partial charge is 0.171 e. The molecule has 0 aromatic heterocycles. The van der Waals surface area contributed by atoms with Gasteiger partial charge in [0.1, 0.15) is 11.6 Å². The van der Waals surface area contributed by atoms with Crippen LogP contribution in [-0.4, -0.2) is 5.11 Å². The van der Waals surface area contributed by atoms with Gasteiger partial charge in [-0.05, 0) is 55.7 Å². The molecule has 0 amide bonds. The molecule has 0 unspecified atom stereocenters. The predicted molar refractivity (Wildman–Crippen MR) is 94.7 cm³/mol. The van der Waals surface area contributed by atoms with Gasteiger partial charge >= 0.3 is 0 Å². The Morgan fingerprint density at radius 1 is 1.13 bits per heavy atom. The van der Waals surface area contributed by atoms with Crippen LogP contribution in [0, 0.1) is 25.5 Å². The van der Waals surface area contributed by atoms with Crippen molar-refractivity contribution in [1.29, 1.82) is 0 Å².